The topological polar surface area (TPSA) is 163 Å². The molecule has 53 heavy (non-hydrogen) atoms. The summed E-state index contributed by atoms with van der Waals surface area (Å²) in [5.74, 6) is 1.14. The van der Waals surface area contributed by atoms with E-state index in [4.69, 9.17) is 22.8 Å². The van der Waals surface area contributed by atoms with Crippen LogP contribution >= 0.6 is 23.0 Å². The van der Waals surface area contributed by atoms with Gasteiger partial charge in [0.2, 0.25) is 0 Å². The number of aliphatic hydroxyl groups excluding tert-OH is 3. The lowest BCUT2D eigenvalue weighted by atomic mass is 9.65. The van der Waals surface area contributed by atoms with Crippen molar-refractivity contribution >= 4 is 34.9 Å². The number of hydrogen-bond acceptors (Lipinski definition) is 9. The number of carbonyl (C=O) groups is 2. The second-order valence-corrected chi connectivity index (χ2v) is 16.7. The maximum atomic E-state index is 11.7. The summed E-state index contributed by atoms with van der Waals surface area (Å²) in [5, 5.41) is 39.6. The predicted molar refractivity (Wildman–Crippen MR) is 214 cm³/mol. The highest BCUT2D eigenvalue weighted by Gasteiger charge is 2.41. The van der Waals surface area contributed by atoms with E-state index < -0.39 is 17.9 Å². The van der Waals surface area contributed by atoms with E-state index in [1.54, 1.807) is 0 Å². The van der Waals surface area contributed by atoms with Gasteiger partial charge in [0.05, 0.1) is 50.5 Å². The number of aliphatic carboxylic acids is 1. The number of ether oxygens (including phenoxy) is 3. The number of carboxylic acids is 1. The zero-order chi connectivity index (χ0) is 39.5. The number of hydrogen-bond donors (Lipinski definition) is 5. The summed E-state index contributed by atoms with van der Waals surface area (Å²) in [7, 11) is 1.41. The molecular formula is C42H67IO10. The molecule has 2 unspecified atom stereocenters. The first-order chi connectivity index (χ1) is 25.1. The Balaban J connectivity index is 0.000000278. The van der Waals surface area contributed by atoms with E-state index >= 15 is 0 Å². The Bertz CT molecular complexity index is 1290. The molecule has 5 N–H and O–H groups in total. The van der Waals surface area contributed by atoms with Crippen molar-refractivity contribution in [2.24, 2.45) is 47.3 Å². The molecule has 0 aromatic carbocycles. The number of allylic oxidation sites excluding steroid dienone is 6. The molecule has 4 aliphatic carbocycles. The Morgan fingerprint density at radius 1 is 0.830 bits per heavy atom. The summed E-state index contributed by atoms with van der Waals surface area (Å²) in [6, 6.07) is 0. The van der Waals surface area contributed by atoms with E-state index in [1.807, 2.05) is 13.8 Å². The van der Waals surface area contributed by atoms with Crippen molar-refractivity contribution in [2.45, 2.75) is 148 Å². The molecule has 0 bridgehead atoms. The number of halogens is 1. The normalized spacial score (nSPS) is 36.2. The number of esters is 1. The van der Waals surface area contributed by atoms with Gasteiger partial charge in [-0.2, -0.15) is 0 Å². The first-order valence-corrected chi connectivity index (χ1v) is 20.7. The van der Waals surface area contributed by atoms with Crippen molar-refractivity contribution in [3.05, 3.63) is 47.6 Å². The third kappa shape index (κ3) is 13.8. The van der Waals surface area contributed by atoms with Gasteiger partial charge in [0, 0.05) is 18.3 Å². The maximum Gasteiger partial charge on any atom is 0.308 e. The van der Waals surface area contributed by atoms with Gasteiger partial charge in [-0.05, 0) is 99.0 Å². The van der Waals surface area contributed by atoms with Crippen LogP contribution in [0.25, 0.3) is 0 Å². The average molecular weight is 859 g/mol. The van der Waals surface area contributed by atoms with Crippen molar-refractivity contribution in [3.8, 4) is 0 Å². The van der Waals surface area contributed by atoms with Crippen LogP contribution in [0.1, 0.15) is 112 Å². The SMILES string of the molecule is COC(=O)C[C@H]1C[C@@H](CC[C@@H]2C3C(=C[C@H](C)C[C@@H]3O)C=C[C@@H]2C)OC(C)(C)O1.C[C@H]1C=C2C=C[C@H](C)[C@H](CCCC[C@H](O)CC(=O)O)C2[C@@H](O)C1.OI. The van der Waals surface area contributed by atoms with Gasteiger partial charge in [-0.25, -0.2) is 0 Å². The minimum absolute atomic E-state index is 0.0450. The minimum atomic E-state index is -0.947. The summed E-state index contributed by atoms with van der Waals surface area (Å²) >= 11 is 1.15. The number of carboxylic acid groups (broad SMARTS) is 1. The smallest absolute Gasteiger partial charge is 0.308 e. The minimum Gasteiger partial charge on any atom is -0.481 e. The van der Waals surface area contributed by atoms with E-state index in [0.717, 1.165) is 68.0 Å². The Morgan fingerprint density at radius 3 is 1.85 bits per heavy atom. The first kappa shape index (κ1) is 45.8. The third-order valence-corrected chi connectivity index (χ3v) is 11.8. The number of rotatable bonds is 12. The van der Waals surface area contributed by atoms with Crippen molar-refractivity contribution in [3.63, 3.8) is 0 Å². The lowest BCUT2D eigenvalue weighted by Crippen LogP contribution is -2.46. The van der Waals surface area contributed by atoms with Crippen molar-refractivity contribution in [1.82, 2.24) is 0 Å². The van der Waals surface area contributed by atoms with Crippen LogP contribution in [-0.2, 0) is 23.8 Å². The van der Waals surface area contributed by atoms with E-state index in [9.17, 15) is 24.9 Å². The largest absolute Gasteiger partial charge is 0.481 e. The van der Waals surface area contributed by atoms with Crippen molar-refractivity contribution in [1.29, 1.82) is 0 Å². The quantitative estimate of drug-likeness (QED) is 0.0756. The molecule has 5 rings (SSSR count). The summed E-state index contributed by atoms with van der Waals surface area (Å²) in [5.41, 5.74) is 2.58. The molecule has 0 aromatic rings. The Hall–Kier alpha value is -1.61. The molecule has 0 saturated carbocycles. The van der Waals surface area contributed by atoms with Crippen molar-refractivity contribution < 1.29 is 47.7 Å². The van der Waals surface area contributed by atoms with Crippen LogP contribution in [0.15, 0.2) is 47.6 Å². The van der Waals surface area contributed by atoms with Gasteiger partial charge in [-0.3, -0.25) is 9.59 Å². The van der Waals surface area contributed by atoms with E-state index in [-0.39, 0.29) is 55.1 Å². The van der Waals surface area contributed by atoms with Gasteiger partial charge < -0.3 is 38.1 Å². The molecule has 1 saturated heterocycles. The highest BCUT2D eigenvalue weighted by atomic mass is 127. The molecular weight excluding hydrogens is 791 g/mol. The average Bonchev–Trinajstić information content (AvgIpc) is 3.07. The van der Waals surface area contributed by atoms with Gasteiger partial charge in [0.15, 0.2) is 5.79 Å². The lowest BCUT2D eigenvalue weighted by molar-refractivity contribution is -0.301. The van der Waals surface area contributed by atoms with E-state index in [0.29, 0.717) is 48.3 Å². The second kappa shape index (κ2) is 21.6. The highest BCUT2D eigenvalue weighted by molar-refractivity contribution is 14.1. The first-order valence-electron chi connectivity index (χ1n) is 19.7. The molecule has 0 radical (unpaired) electrons. The fourth-order valence-corrected chi connectivity index (χ4v) is 9.50. The third-order valence-electron chi connectivity index (χ3n) is 11.8. The molecule has 1 heterocycles. The van der Waals surface area contributed by atoms with Gasteiger partial charge >= 0.3 is 11.9 Å². The molecule has 1 fully saturated rings. The van der Waals surface area contributed by atoms with Gasteiger partial charge in [-0.1, -0.05) is 77.0 Å². The molecule has 0 amide bonds. The van der Waals surface area contributed by atoms with E-state index in [1.165, 1.54) is 18.3 Å². The second-order valence-electron chi connectivity index (χ2n) is 16.7. The Kier molecular flexibility index (Phi) is 18.7. The summed E-state index contributed by atoms with van der Waals surface area (Å²) < 4.78 is 23.9. The number of carbonyl (C=O) groups excluding carboxylic acids is 1. The fraction of sp³-hybridized carbons (Fsp3) is 0.762. The number of fused-ring (bicyclic) bond motifs is 2. The van der Waals surface area contributed by atoms with Gasteiger partial charge in [-0.15, -0.1) is 0 Å². The lowest BCUT2D eigenvalue weighted by Gasteiger charge is -2.44. The van der Waals surface area contributed by atoms with Gasteiger partial charge in [0.1, 0.15) is 23.0 Å². The molecule has 302 valence electrons. The molecule has 10 nitrogen and oxygen atoms in total. The van der Waals surface area contributed by atoms with Crippen LogP contribution in [0.3, 0.4) is 0 Å². The van der Waals surface area contributed by atoms with E-state index in [2.05, 4.69) is 64.2 Å². The van der Waals surface area contributed by atoms with Crippen LogP contribution in [0.5, 0.6) is 0 Å². The summed E-state index contributed by atoms with van der Waals surface area (Å²) in [4.78, 5) is 22.2. The Morgan fingerprint density at radius 2 is 1.34 bits per heavy atom. The molecule has 1 aliphatic heterocycles. The van der Waals surface area contributed by atoms with Crippen LogP contribution in [-0.4, -0.2) is 79.2 Å². The number of unbranched alkanes of at least 4 members (excludes halogenated alkanes) is 1. The molecule has 13 atom stereocenters. The standard InChI is InChI=1S/C23H36O5.C19H30O4.HIO/c1-14-10-16-7-6-15(2)19(22(16)20(24)11-14)9-8-17-12-18(13-21(25)26-5)28-23(3,4)27-17;1-12-9-14-8-7-13(2)16(19(14)17(21)10-12)6-4-3-5-15(20)11-18(22)23;1-2/h6-7,10,14-15,17-20,22,24H,8-9,11-13H2,1-5H3;7-9,12-13,15-17,19-21H,3-6,10-11H2,1-2H3,(H,22,23);2H/t14-,15-,17+,18+,19-,20-,22?;12-,13-,15-,16-,17-,19?;/m00./s1. The predicted octanol–water partition coefficient (Wildman–Crippen LogP) is 7.48. The number of methoxy groups -OCH3 is 1. The molecule has 5 aliphatic rings. The van der Waals surface area contributed by atoms with Gasteiger partial charge in [0.25, 0.3) is 0 Å². The van der Waals surface area contributed by atoms with Crippen LogP contribution in [0.2, 0.25) is 0 Å². The monoisotopic (exact) mass is 858 g/mol. The van der Waals surface area contributed by atoms with Crippen LogP contribution in [0, 0.1) is 47.3 Å². The van der Waals surface area contributed by atoms with Crippen LogP contribution < -0.4 is 0 Å². The number of aliphatic hydroxyl groups is 3. The van der Waals surface area contributed by atoms with Crippen LogP contribution in [0.4, 0.5) is 0 Å². The highest BCUT2D eigenvalue weighted by Crippen LogP contribution is 2.45. The zero-order valence-corrected chi connectivity index (χ0v) is 35.1. The van der Waals surface area contributed by atoms with Crippen molar-refractivity contribution in [2.75, 3.05) is 7.11 Å². The molecule has 0 aromatic heterocycles. The Labute approximate surface area is 331 Å². The summed E-state index contributed by atoms with van der Waals surface area (Å²) in [6.07, 6.45) is 19.8. The molecule has 0 spiro atoms. The zero-order valence-electron chi connectivity index (χ0n) is 32.9. The fourth-order valence-electron chi connectivity index (χ4n) is 9.50. The summed E-state index contributed by atoms with van der Waals surface area (Å²) in [6.45, 7) is 12.6. The maximum absolute atomic E-state index is 11.7. The molecule has 11 heteroatoms.